The summed E-state index contributed by atoms with van der Waals surface area (Å²) in [5.74, 6) is -0.170. The largest absolute Gasteiger partial charge is 0.497 e. The van der Waals surface area contributed by atoms with Crippen molar-refractivity contribution >= 4 is 17.6 Å². The predicted molar refractivity (Wildman–Crippen MR) is 100 cm³/mol. The normalized spacial score (nSPS) is 11.5. The first-order valence-corrected chi connectivity index (χ1v) is 8.39. The van der Waals surface area contributed by atoms with Crippen LogP contribution in [0.15, 0.2) is 42.5 Å². The number of carboxylic acid groups (broad SMARTS) is 1. The van der Waals surface area contributed by atoms with Gasteiger partial charge in [0.15, 0.2) is 6.61 Å². The van der Waals surface area contributed by atoms with Gasteiger partial charge >= 0.3 is 5.97 Å². The maximum atomic E-state index is 12.3. The standard InChI is InChI=1S/C20H23NO6/c1-13-9-17(27-12-19(22)23)7-8-18(13)21-20(24)14(2)26-11-15-5-4-6-16(10-15)25-3/h4-10,14H,11-12H2,1-3H3,(H,21,24)(H,22,23). The smallest absolute Gasteiger partial charge is 0.341 e. The van der Waals surface area contributed by atoms with E-state index in [0.717, 1.165) is 16.9 Å². The van der Waals surface area contributed by atoms with Gasteiger partial charge in [-0.15, -0.1) is 0 Å². The van der Waals surface area contributed by atoms with Crippen molar-refractivity contribution in [2.45, 2.75) is 26.6 Å². The van der Waals surface area contributed by atoms with Gasteiger partial charge in [0.25, 0.3) is 5.91 Å². The number of amides is 1. The van der Waals surface area contributed by atoms with Crippen molar-refractivity contribution < 1.29 is 28.9 Å². The molecule has 0 aliphatic heterocycles. The molecule has 0 aliphatic carbocycles. The van der Waals surface area contributed by atoms with Crippen molar-refractivity contribution in [2.75, 3.05) is 19.0 Å². The Morgan fingerprint density at radius 3 is 2.59 bits per heavy atom. The van der Waals surface area contributed by atoms with Crippen LogP contribution in [0.3, 0.4) is 0 Å². The van der Waals surface area contributed by atoms with Crippen LogP contribution in [-0.2, 0) is 20.9 Å². The average Bonchev–Trinajstić information content (AvgIpc) is 2.66. The molecule has 0 heterocycles. The maximum Gasteiger partial charge on any atom is 0.341 e. The van der Waals surface area contributed by atoms with Gasteiger partial charge in [-0.05, 0) is 55.3 Å². The van der Waals surface area contributed by atoms with Gasteiger partial charge in [-0.2, -0.15) is 0 Å². The first-order valence-electron chi connectivity index (χ1n) is 8.39. The van der Waals surface area contributed by atoms with Crippen LogP contribution in [0.2, 0.25) is 0 Å². The summed E-state index contributed by atoms with van der Waals surface area (Å²) < 4.78 is 15.9. The van der Waals surface area contributed by atoms with Crippen LogP contribution in [0.4, 0.5) is 5.69 Å². The zero-order valence-electron chi connectivity index (χ0n) is 15.5. The van der Waals surface area contributed by atoms with Gasteiger partial charge in [-0.3, -0.25) is 4.79 Å². The monoisotopic (exact) mass is 373 g/mol. The number of anilines is 1. The van der Waals surface area contributed by atoms with E-state index in [1.807, 2.05) is 24.3 Å². The Bertz CT molecular complexity index is 805. The number of rotatable bonds is 9. The second-order valence-electron chi connectivity index (χ2n) is 5.95. The summed E-state index contributed by atoms with van der Waals surface area (Å²) in [5.41, 5.74) is 2.27. The van der Waals surface area contributed by atoms with E-state index >= 15 is 0 Å². The van der Waals surface area contributed by atoms with E-state index in [0.29, 0.717) is 11.4 Å². The second kappa shape index (κ2) is 9.59. The minimum absolute atomic E-state index is 0.278. The summed E-state index contributed by atoms with van der Waals surface area (Å²) in [5, 5.41) is 11.4. The fourth-order valence-corrected chi connectivity index (χ4v) is 2.30. The summed E-state index contributed by atoms with van der Waals surface area (Å²) in [6, 6.07) is 12.4. The highest BCUT2D eigenvalue weighted by Crippen LogP contribution is 2.22. The number of methoxy groups -OCH3 is 1. The Kier molecular flexibility index (Phi) is 7.19. The van der Waals surface area contributed by atoms with E-state index < -0.39 is 18.7 Å². The van der Waals surface area contributed by atoms with Gasteiger partial charge in [0.05, 0.1) is 13.7 Å². The number of ether oxygens (including phenoxy) is 3. The quantitative estimate of drug-likeness (QED) is 0.702. The summed E-state index contributed by atoms with van der Waals surface area (Å²) in [6.07, 6.45) is -0.654. The number of hydrogen-bond donors (Lipinski definition) is 2. The van der Waals surface area contributed by atoms with Gasteiger partial charge in [-0.1, -0.05) is 12.1 Å². The molecule has 144 valence electrons. The molecule has 0 aromatic heterocycles. The first kappa shape index (κ1) is 20.3. The lowest BCUT2D eigenvalue weighted by Crippen LogP contribution is -2.28. The highest BCUT2D eigenvalue weighted by molar-refractivity contribution is 5.94. The zero-order chi connectivity index (χ0) is 19.8. The van der Waals surface area contributed by atoms with E-state index in [4.69, 9.17) is 19.3 Å². The SMILES string of the molecule is COc1cccc(COC(C)C(=O)Nc2ccc(OCC(=O)O)cc2C)c1. The Labute approximate surface area is 157 Å². The highest BCUT2D eigenvalue weighted by Gasteiger charge is 2.15. The fraction of sp³-hybridized carbons (Fsp3) is 0.300. The minimum Gasteiger partial charge on any atom is -0.497 e. The van der Waals surface area contributed by atoms with Crippen molar-refractivity contribution in [1.82, 2.24) is 0 Å². The number of carbonyl (C=O) groups is 2. The predicted octanol–water partition coefficient (Wildman–Crippen LogP) is 3.01. The maximum absolute atomic E-state index is 12.3. The first-order chi connectivity index (χ1) is 12.9. The molecule has 0 fully saturated rings. The Hall–Kier alpha value is -3.06. The number of hydrogen-bond acceptors (Lipinski definition) is 5. The van der Waals surface area contributed by atoms with E-state index in [-0.39, 0.29) is 12.5 Å². The molecule has 2 N–H and O–H groups in total. The number of nitrogens with one attached hydrogen (secondary N) is 1. The molecular formula is C20H23NO6. The van der Waals surface area contributed by atoms with Crippen LogP contribution >= 0.6 is 0 Å². The molecule has 1 atom stereocenters. The van der Waals surface area contributed by atoms with E-state index in [1.165, 1.54) is 0 Å². The lowest BCUT2D eigenvalue weighted by molar-refractivity contribution is -0.139. The third-order valence-corrected chi connectivity index (χ3v) is 3.82. The minimum atomic E-state index is -1.05. The van der Waals surface area contributed by atoms with Crippen molar-refractivity contribution in [2.24, 2.45) is 0 Å². The molecule has 7 nitrogen and oxygen atoms in total. The van der Waals surface area contributed by atoms with Crippen molar-refractivity contribution in [3.8, 4) is 11.5 Å². The van der Waals surface area contributed by atoms with Gasteiger partial charge in [0.2, 0.25) is 0 Å². The molecule has 2 aromatic rings. The van der Waals surface area contributed by atoms with Gasteiger partial charge in [0.1, 0.15) is 17.6 Å². The van der Waals surface area contributed by atoms with Crippen molar-refractivity contribution in [3.63, 3.8) is 0 Å². The van der Waals surface area contributed by atoms with E-state index in [9.17, 15) is 9.59 Å². The molecule has 27 heavy (non-hydrogen) atoms. The molecule has 2 rings (SSSR count). The van der Waals surface area contributed by atoms with Crippen LogP contribution in [-0.4, -0.2) is 36.8 Å². The molecule has 0 spiro atoms. The van der Waals surface area contributed by atoms with Gasteiger partial charge in [0, 0.05) is 5.69 Å². The molecule has 0 radical (unpaired) electrons. The molecule has 1 unspecified atom stereocenters. The van der Waals surface area contributed by atoms with Crippen LogP contribution in [0, 0.1) is 6.92 Å². The van der Waals surface area contributed by atoms with Crippen LogP contribution < -0.4 is 14.8 Å². The molecule has 2 aromatic carbocycles. The summed E-state index contributed by atoms with van der Waals surface area (Å²) in [7, 11) is 1.59. The molecule has 1 amide bonds. The molecule has 0 saturated carbocycles. The number of aryl methyl sites for hydroxylation is 1. The lowest BCUT2D eigenvalue weighted by Gasteiger charge is -2.15. The summed E-state index contributed by atoms with van der Waals surface area (Å²) in [6.45, 7) is 3.34. The summed E-state index contributed by atoms with van der Waals surface area (Å²) >= 11 is 0. The molecule has 7 heteroatoms. The van der Waals surface area contributed by atoms with Crippen LogP contribution in [0.5, 0.6) is 11.5 Å². The van der Waals surface area contributed by atoms with E-state index in [1.54, 1.807) is 39.2 Å². The Morgan fingerprint density at radius 1 is 1.15 bits per heavy atom. The number of carboxylic acids is 1. The average molecular weight is 373 g/mol. The second-order valence-corrected chi connectivity index (χ2v) is 5.95. The molecule has 0 bridgehead atoms. The Balaban J connectivity index is 1.90. The molecular weight excluding hydrogens is 350 g/mol. The molecule has 0 aliphatic rings. The Morgan fingerprint density at radius 2 is 1.93 bits per heavy atom. The fourth-order valence-electron chi connectivity index (χ4n) is 2.30. The van der Waals surface area contributed by atoms with Crippen molar-refractivity contribution in [1.29, 1.82) is 0 Å². The third-order valence-electron chi connectivity index (χ3n) is 3.82. The van der Waals surface area contributed by atoms with Crippen LogP contribution in [0.1, 0.15) is 18.1 Å². The molecule has 0 saturated heterocycles. The third kappa shape index (κ3) is 6.31. The van der Waals surface area contributed by atoms with Crippen LogP contribution in [0.25, 0.3) is 0 Å². The van der Waals surface area contributed by atoms with Gasteiger partial charge < -0.3 is 24.6 Å². The van der Waals surface area contributed by atoms with E-state index in [2.05, 4.69) is 5.32 Å². The number of benzene rings is 2. The van der Waals surface area contributed by atoms with Gasteiger partial charge in [-0.25, -0.2) is 4.79 Å². The lowest BCUT2D eigenvalue weighted by atomic mass is 10.2. The van der Waals surface area contributed by atoms with Crippen molar-refractivity contribution in [3.05, 3.63) is 53.6 Å². The topological polar surface area (TPSA) is 94.1 Å². The zero-order valence-corrected chi connectivity index (χ0v) is 15.5. The summed E-state index contributed by atoms with van der Waals surface area (Å²) in [4.78, 5) is 22.9. The number of carbonyl (C=O) groups excluding carboxylic acids is 1. The number of aliphatic carboxylic acids is 1. The highest BCUT2D eigenvalue weighted by atomic mass is 16.5.